The van der Waals surface area contributed by atoms with Crippen LogP contribution in [0.2, 0.25) is 0 Å². The molecule has 148 valence electrons. The summed E-state index contributed by atoms with van der Waals surface area (Å²) in [6, 6.07) is 15.0. The number of aliphatic imine (C=N–C) groups is 1. The van der Waals surface area contributed by atoms with Crippen LogP contribution in [0.4, 0.5) is 10.1 Å². The smallest absolute Gasteiger partial charge is 0.194 e. The lowest BCUT2D eigenvalue weighted by Crippen LogP contribution is -2.52. The van der Waals surface area contributed by atoms with Crippen LogP contribution in [0.1, 0.15) is 16.7 Å². The summed E-state index contributed by atoms with van der Waals surface area (Å²) in [7, 11) is 1.73. The van der Waals surface area contributed by atoms with Crippen LogP contribution in [0.15, 0.2) is 47.5 Å². The van der Waals surface area contributed by atoms with Crippen molar-refractivity contribution in [1.82, 2.24) is 10.2 Å². The van der Waals surface area contributed by atoms with Crippen LogP contribution in [0, 0.1) is 24.1 Å². The first kappa shape index (κ1) is 22.0. The average molecular weight is 493 g/mol. The van der Waals surface area contributed by atoms with E-state index in [9.17, 15) is 4.39 Å². The molecule has 1 aliphatic rings. The van der Waals surface area contributed by atoms with Crippen LogP contribution in [-0.4, -0.2) is 44.1 Å². The molecular formula is C21H25FIN5. The Morgan fingerprint density at radius 1 is 1.18 bits per heavy atom. The fourth-order valence-corrected chi connectivity index (χ4v) is 3.29. The molecule has 2 aromatic carbocycles. The van der Waals surface area contributed by atoms with Crippen molar-refractivity contribution >= 4 is 35.6 Å². The number of benzene rings is 2. The molecule has 1 fully saturated rings. The van der Waals surface area contributed by atoms with Gasteiger partial charge in [-0.2, -0.15) is 5.26 Å². The van der Waals surface area contributed by atoms with Gasteiger partial charge >= 0.3 is 0 Å². The predicted octanol–water partition coefficient (Wildman–Crippen LogP) is 3.52. The molecule has 0 saturated carbocycles. The normalized spacial score (nSPS) is 14.3. The highest BCUT2D eigenvalue weighted by atomic mass is 127. The van der Waals surface area contributed by atoms with E-state index in [4.69, 9.17) is 5.26 Å². The largest absolute Gasteiger partial charge is 0.368 e. The molecule has 1 aliphatic heterocycles. The fraction of sp³-hybridized carbons (Fsp3) is 0.333. The molecule has 0 radical (unpaired) electrons. The first-order chi connectivity index (χ1) is 13.1. The molecule has 0 unspecified atom stereocenters. The van der Waals surface area contributed by atoms with Gasteiger partial charge < -0.3 is 15.1 Å². The summed E-state index contributed by atoms with van der Waals surface area (Å²) in [5.41, 5.74) is 3.42. The van der Waals surface area contributed by atoms with Gasteiger partial charge in [-0.25, -0.2) is 4.39 Å². The van der Waals surface area contributed by atoms with E-state index in [1.54, 1.807) is 13.1 Å². The first-order valence-corrected chi connectivity index (χ1v) is 9.06. The molecule has 5 nitrogen and oxygen atoms in total. The third kappa shape index (κ3) is 5.35. The summed E-state index contributed by atoms with van der Waals surface area (Å²) < 4.78 is 14.0. The summed E-state index contributed by atoms with van der Waals surface area (Å²) in [5.74, 6) is 0.432. The Balaban J connectivity index is 0.00000280. The van der Waals surface area contributed by atoms with Crippen LogP contribution in [0.25, 0.3) is 0 Å². The maximum absolute atomic E-state index is 14.0. The maximum Gasteiger partial charge on any atom is 0.194 e. The van der Waals surface area contributed by atoms with Gasteiger partial charge in [-0.3, -0.25) is 4.99 Å². The Kier molecular flexibility index (Phi) is 8.05. The number of aryl methyl sites for hydroxylation is 1. The zero-order chi connectivity index (χ0) is 19.2. The van der Waals surface area contributed by atoms with Crippen molar-refractivity contribution in [2.45, 2.75) is 13.5 Å². The SMILES string of the molecule is CN=C(NCc1cc(C#N)ccc1F)N1CCN(c2cccc(C)c2)CC1.I. The van der Waals surface area contributed by atoms with Crippen LogP contribution < -0.4 is 10.2 Å². The van der Waals surface area contributed by atoms with E-state index in [0.717, 1.165) is 32.1 Å². The van der Waals surface area contributed by atoms with E-state index in [1.807, 2.05) is 6.07 Å². The number of piperazine rings is 1. The van der Waals surface area contributed by atoms with Crippen molar-refractivity contribution < 1.29 is 4.39 Å². The molecule has 0 bridgehead atoms. The second kappa shape index (κ2) is 10.3. The van der Waals surface area contributed by atoms with Crippen molar-refractivity contribution in [3.8, 4) is 6.07 Å². The molecule has 0 aliphatic carbocycles. The topological polar surface area (TPSA) is 54.7 Å². The molecule has 1 saturated heterocycles. The molecule has 3 rings (SSSR count). The predicted molar refractivity (Wildman–Crippen MR) is 122 cm³/mol. The molecule has 0 atom stereocenters. The third-order valence-corrected chi connectivity index (χ3v) is 4.77. The molecular weight excluding hydrogens is 468 g/mol. The number of nitrogens with one attached hydrogen (secondary N) is 1. The van der Waals surface area contributed by atoms with Crippen molar-refractivity contribution in [2.75, 3.05) is 38.1 Å². The molecule has 28 heavy (non-hydrogen) atoms. The Morgan fingerprint density at radius 2 is 1.93 bits per heavy atom. The Labute approximate surface area is 182 Å². The van der Waals surface area contributed by atoms with Gasteiger partial charge in [0.1, 0.15) is 5.82 Å². The Hall–Kier alpha value is -2.34. The second-order valence-corrected chi connectivity index (χ2v) is 6.63. The van der Waals surface area contributed by atoms with E-state index >= 15 is 0 Å². The van der Waals surface area contributed by atoms with Gasteiger partial charge in [0.25, 0.3) is 0 Å². The fourth-order valence-electron chi connectivity index (χ4n) is 3.29. The average Bonchev–Trinajstić information content (AvgIpc) is 2.70. The van der Waals surface area contributed by atoms with Crippen molar-refractivity contribution in [1.29, 1.82) is 5.26 Å². The summed E-state index contributed by atoms with van der Waals surface area (Å²) >= 11 is 0. The van der Waals surface area contributed by atoms with Gasteiger partial charge in [0.05, 0.1) is 11.6 Å². The summed E-state index contributed by atoms with van der Waals surface area (Å²) in [4.78, 5) is 8.88. The van der Waals surface area contributed by atoms with E-state index in [-0.39, 0.29) is 29.8 Å². The van der Waals surface area contributed by atoms with E-state index < -0.39 is 0 Å². The summed E-state index contributed by atoms with van der Waals surface area (Å²) in [6.45, 7) is 5.89. The highest BCUT2D eigenvalue weighted by molar-refractivity contribution is 14.0. The van der Waals surface area contributed by atoms with Crippen LogP contribution >= 0.6 is 24.0 Å². The molecule has 0 spiro atoms. The van der Waals surface area contributed by atoms with Crippen LogP contribution in [-0.2, 0) is 6.54 Å². The van der Waals surface area contributed by atoms with Gasteiger partial charge in [-0.15, -0.1) is 24.0 Å². The Bertz CT molecular complexity index is 869. The number of rotatable bonds is 3. The summed E-state index contributed by atoms with van der Waals surface area (Å²) in [5, 5.41) is 12.2. The van der Waals surface area contributed by atoms with Gasteiger partial charge in [0.2, 0.25) is 0 Å². The minimum Gasteiger partial charge on any atom is -0.368 e. The molecule has 0 aromatic heterocycles. The van der Waals surface area contributed by atoms with Gasteiger partial charge in [-0.1, -0.05) is 12.1 Å². The van der Waals surface area contributed by atoms with Crippen molar-refractivity contribution in [2.24, 2.45) is 4.99 Å². The number of nitrogens with zero attached hydrogens (tertiary/aromatic N) is 4. The van der Waals surface area contributed by atoms with Crippen molar-refractivity contribution in [3.05, 3.63) is 65.0 Å². The first-order valence-electron chi connectivity index (χ1n) is 9.06. The van der Waals surface area contributed by atoms with Crippen molar-refractivity contribution in [3.63, 3.8) is 0 Å². The van der Waals surface area contributed by atoms with E-state index in [1.165, 1.54) is 23.4 Å². The number of anilines is 1. The number of nitriles is 1. The number of hydrogen-bond donors (Lipinski definition) is 1. The van der Waals surface area contributed by atoms with Crippen LogP contribution in [0.3, 0.4) is 0 Å². The molecule has 1 N–H and O–H groups in total. The van der Waals surface area contributed by atoms with Gasteiger partial charge in [-0.05, 0) is 42.8 Å². The van der Waals surface area contributed by atoms with Gasteiger partial charge in [0, 0.05) is 51.0 Å². The second-order valence-electron chi connectivity index (χ2n) is 6.63. The minimum absolute atomic E-state index is 0. The standard InChI is InChI=1S/C21H24FN5.HI/c1-16-4-3-5-19(12-16)26-8-10-27(11-9-26)21(24-2)25-15-18-13-17(14-23)6-7-20(18)22;/h3-7,12-13H,8-11,15H2,1-2H3,(H,24,25);1H. The molecule has 0 amide bonds. The number of halogens is 2. The van der Waals surface area contributed by atoms with Gasteiger partial charge in [0.15, 0.2) is 5.96 Å². The minimum atomic E-state index is -0.318. The molecule has 7 heteroatoms. The highest BCUT2D eigenvalue weighted by Gasteiger charge is 2.20. The zero-order valence-corrected chi connectivity index (χ0v) is 18.5. The lowest BCUT2D eigenvalue weighted by atomic mass is 10.1. The summed E-state index contributed by atoms with van der Waals surface area (Å²) in [6.07, 6.45) is 0. The van der Waals surface area contributed by atoms with Crippen LogP contribution in [0.5, 0.6) is 0 Å². The zero-order valence-electron chi connectivity index (χ0n) is 16.2. The Morgan fingerprint density at radius 3 is 2.57 bits per heavy atom. The lowest BCUT2D eigenvalue weighted by Gasteiger charge is -2.37. The maximum atomic E-state index is 14.0. The quantitative estimate of drug-likeness (QED) is 0.404. The molecule has 2 aromatic rings. The number of guanidine groups is 1. The highest BCUT2D eigenvalue weighted by Crippen LogP contribution is 2.18. The lowest BCUT2D eigenvalue weighted by molar-refractivity contribution is 0.372. The number of hydrogen-bond acceptors (Lipinski definition) is 3. The van der Waals surface area contributed by atoms with E-state index in [2.05, 4.69) is 51.3 Å². The monoisotopic (exact) mass is 493 g/mol. The van der Waals surface area contributed by atoms with E-state index in [0.29, 0.717) is 17.7 Å². The molecule has 1 heterocycles. The third-order valence-electron chi connectivity index (χ3n) is 4.77.